The largest absolute Gasteiger partial charge is 0.242 e. The summed E-state index contributed by atoms with van der Waals surface area (Å²) in [5, 5.41) is 0. The monoisotopic (exact) mass is 482 g/mol. The Bertz CT molecular complexity index is 1730. The molecule has 0 nitrogen and oxygen atoms in total. The van der Waals surface area contributed by atoms with Crippen LogP contribution in [-0.4, -0.2) is 13.4 Å². The quantitative estimate of drug-likeness (QED) is 0.292. The average Bonchev–Trinajstić information content (AvgIpc) is 2.91. The van der Waals surface area contributed by atoms with Crippen molar-refractivity contribution in [3.63, 3.8) is 0 Å². The Morgan fingerprint density at radius 2 is 0.789 bits per heavy atom. The van der Waals surface area contributed by atoms with Crippen LogP contribution in [0.5, 0.6) is 0 Å². The summed E-state index contributed by atoms with van der Waals surface area (Å²) in [6.07, 6.45) is 4.23. The summed E-state index contributed by atoms with van der Waals surface area (Å²) in [6.45, 7) is 5.23. The van der Waals surface area contributed by atoms with Crippen LogP contribution >= 0.6 is 0 Å². The van der Waals surface area contributed by atoms with Crippen LogP contribution in [0.4, 0.5) is 0 Å². The lowest BCUT2D eigenvalue weighted by molar-refractivity contribution is 1.11. The summed E-state index contributed by atoms with van der Waals surface area (Å²) in [6, 6.07) is 33.5. The highest BCUT2D eigenvalue weighted by Gasteiger charge is 2.41. The predicted molar refractivity (Wildman–Crippen MR) is 162 cm³/mol. The van der Waals surface area contributed by atoms with E-state index in [9.17, 15) is 0 Å². The van der Waals surface area contributed by atoms with Crippen molar-refractivity contribution in [3.05, 3.63) is 141 Å². The van der Waals surface area contributed by atoms with Gasteiger partial charge in [0, 0.05) is 0 Å². The maximum atomic E-state index is 2.66. The molecule has 4 aliphatic heterocycles. The third-order valence-electron chi connectivity index (χ3n) is 9.85. The topological polar surface area (TPSA) is 0 Å². The normalized spacial score (nSPS) is 15.1. The van der Waals surface area contributed by atoms with E-state index >= 15 is 0 Å². The molecule has 0 aliphatic carbocycles. The standard InChI is InChI=1S/C36H28B2/c1-21-11-27-15-23-7-3-5-9-31(23)37-33-20-34-26(17-25(33)18-29(13-21)35(27)37)19-30-14-22(2)12-28-16-24-8-4-6-10-32(24)38(34)36(28)30/h3-14,17,20H,15-16,18-19H2,1-2H3. The van der Waals surface area contributed by atoms with Gasteiger partial charge in [-0.15, -0.1) is 0 Å². The van der Waals surface area contributed by atoms with E-state index in [2.05, 4.69) is 98.8 Å². The van der Waals surface area contributed by atoms with Gasteiger partial charge in [0.1, 0.15) is 0 Å². The van der Waals surface area contributed by atoms with Gasteiger partial charge in [-0.1, -0.05) is 129 Å². The molecule has 0 radical (unpaired) electrons. The minimum absolute atomic E-state index is 0.345. The van der Waals surface area contributed by atoms with E-state index in [1.54, 1.807) is 33.0 Å². The first-order valence-electron chi connectivity index (χ1n) is 14.2. The lowest BCUT2D eigenvalue weighted by Crippen LogP contribution is -2.65. The first kappa shape index (κ1) is 21.2. The van der Waals surface area contributed by atoms with E-state index in [1.807, 2.05) is 0 Å². The smallest absolute Gasteiger partial charge is 0.0711 e. The summed E-state index contributed by atoms with van der Waals surface area (Å²) in [4.78, 5) is 0. The number of hydrogen-bond donors (Lipinski definition) is 0. The molecule has 5 aromatic rings. The summed E-state index contributed by atoms with van der Waals surface area (Å²) in [5.41, 5.74) is 24.4. The van der Waals surface area contributed by atoms with Gasteiger partial charge < -0.3 is 0 Å². The highest BCUT2D eigenvalue weighted by molar-refractivity contribution is 7.00. The zero-order chi connectivity index (χ0) is 25.1. The van der Waals surface area contributed by atoms with E-state index in [4.69, 9.17) is 0 Å². The summed E-state index contributed by atoms with van der Waals surface area (Å²) in [5.74, 6) is 0. The van der Waals surface area contributed by atoms with Crippen LogP contribution < -0.4 is 32.8 Å². The summed E-state index contributed by atoms with van der Waals surface area (Å²) >= 11 is 0. The van der Waals surface area contributed by atoms with Crippen LogP contribution in [0.3, 0.4) is 0 Å². The van der Waals surface area contributed by atoms with Crippen molar-refractivity contribution in [2.75, 3.05) is 0 Å². The van der Waals surface area contributed by atoms with Crippen LogP contribution in [0.15, 0.2) is 84.9 Å². The number of hydrogen-bond acceptors (Lipinski definition) is 0. The van der Waals surface area contributed by atoms with Crippen LogP contribution in [0.2, 0.25) is 0 Å². The van der Waals surface area contributed by atoms with Crippen molar-refractivity contribution in [2.45, 2.75) is 39.5 Å². The van der Waals surface area contributed by atoms with Gasteiger partial charge in [-0.05, 0) is 84.0 Å². The second kappa shape index (κ2) is 7.41. The zero-order valence-corrected chi connectivity index (χ0v) is 22.1. The first-order valence-corrected chi connectivity index (χ1v) is 14.2. The molecular weight excluding hydrogens is 454 g/mol. The molecule has 0 amide bonds. The Balaban J connectivity index is 1.33. The number of rotatable bonds is 0. The summed E-state index contributed by atoms with van der Waals surface area (Å²) < 4.78 is 0. The molecule has 9 rings (SSSR count). The number of fused-ring (bicyclic) bond motifs is 8. The van der Waals surface area contributed by atoms with E-state index < -0.39 is 0 Å². The fraction of sp³-hybridized carbons (Fsp3) is 0.167. The Hall–Kier alpha value is -3.77. The highest BCUT2D eigenvalue weighted by atomic mass is 14.3. The Kier molecular flexibility index (Phi) is 4.14. The molecule has 38 heavy (non-hydrogen) atoms. The average molecular weight is 482 g/mol. The summed E-state index contributed by atoms with van der Waals surface area (Å²) in [7, 11) is 0. The highest BCUT2D eigenvalue weighted by Crippen LogP contribution is 2.28. The van der Waals surface area contributed by atoms with Gasteiger partial charge in [0.05, 0.1) is 0 Å². The molecule has 0 saturated heterocycles. The molecule has 0 saturated carbocycles. The molecule has 178 valence electrons. The van der Waals surface area contributed by atoms with Crippen molar-refractivity contribution >= 4 is 46.2 Å². The molecule has 0 spiro atoms. The van der Waals surface area contributed by atoms with Gasteiger partial charge in [-0.25, -0.2) is 0 Å². The fourth-order valence-electron chi connectivity index (χ4n) is 8.54. The van der Waals surface area contributed by atoms with Crippen molar-refractivity contribution in [3.8, 4) is 0 Å². The van der Waals surface area contributed by atoms with Crippen molar-refractivity contribution in [2.24, 2.45) is 0 Å². The molecule has 0 fully saturated rings. The minimum atomic E-state index is 0.345. The Morgan fingerprint density at radius 1 is 0.395 bits per heavy atom. The molecule has 0 N–H and O–H groups in total. The van der Waals surface area contributed by atoms with Crippen LogP contribution in [0.25, 0.3) is 0 Å². The third-order valence-corrected chi connectivity index (χ3v) is 9.85. The van der Waals surface area contributed by atoms with Crippen molar-refractivity contribution < 1.29 is 0 Å². The van der Waals surface area contributed by atoms with Gasteiger partial charge in [0.25, 0.3) is 0 Å². The molecule has 0 aromatic heterocycles. The second-order valence-corrected chi connectivity index (χ2v) is 12.2. The van der Waals surface area contributed by atoms with E-state index in [0.29, 0.717) is 13.4 Å². The predicted octanol–water partition coefficient (Wildman–Crippen LogP) is 2.95. The lowest BCUT2D eigenvalue weighted by Gasteiger charge is -2.38. The molecule has 4 aliphatic rings. The zero-order valence-electron chi connectivity index (χ0n) is 22.1. The molecule has 0 unspecified atom stereocenters. The van der Waals surface area contributed by atoms with Gasteiger partial charge in [0.2, 0.25) is 13.4 Å². The third kappa shape index (κ3) is 2.79. The molecule has 5 aromatic carbocycles. The van der Waals surface area contributed by atoms with E-state index in [-0.39, 0.29) is 0 Å². The Morgan fingerprint density at radius 3 is 1.24 bits per heavy atom. The second-order valence-electron chi connectivity index (χ2n) is 12.2. The van der Waals surface area contributed by atoms with Crippen LogP contribution in [0.1, 0.15) is 55.6 Å². The van der Waals surface area contributed by atoms with Gasteiger partial charge >= 0.3 is 0 Å². The lowest BCUT2D eigenvalue weighted by atomic mass is 9.27. The minimum Gasteiger partial charge on any atom is -0.0711 e. The molecule has 2 heteroatoms. The van der Waals surface area contributed by atoms with E-state index in [0.717, 1.165) is 25.7 Å². The maximum absolute atomic E-state index is 2.66. The van der Waals surface area contributed by atoms with Crippen LogP contribution in [-0.2, 0) is 25.7 Å². The maximum Gasteiger partial charge on any atom is 0.242 e. The molecule has 0 bridgehead atoms. The van der Waals surface area contributed by atoms with Gasteiger partial charge in [-0.2, -0.15) is 0 Å². The van der Waals surface area contributed by atoms with Gasteiger partial charge in [0.15, 0.2) is 0 Å². The van der Waals surface area contributed by atoms with Crippen molar-refractivity contribution in [1.82, 2.24) is 0 Å². The number of benzene rings is 5. The van der Waals surface area contributed by atoms with Crippen molar-refractivity contribution in [1.29, 1.82) is 0 Å². The van der Waals surface area contributed by atoms with E-state index in [1.165, 1.54) is 55.4 Å². The molecule has 4 heterocycles. The number of aryl methyl sites for hydroxylation is 2. The molecule has 0 atom stereocenters. The SMILES string of the molecule is Cc1cc2c3c(c1)Cc1cc4c(cc1B3c1ccccc1C2)B1c2ccccc2Cc2cc(C)cc(c21)C4. The Labute approximate surface area is 225 Å². The first-order chi connectivity index (χ1) is 18.6. The fourth-order valence-corrected chi connectivity index (χ4v) is 8.54. The van der Waals surface area contributed by atoms with Crippen LogP contribution in [0, 0.1) is 13.8 Å². The molecular formula is C36H28B2. The van der Waals surface area contributed by atoms with Gasteiger partial charge in [-0.3, -0.25) is 0 Å².